The zero-order valence-electron chi connectivity index (χ0n) is 14.6. The van der Waals surface area contributed by atoms with Gasteiger partial charge in [0, 0.05) is 5.75 Å². The molecule has 0 aliphatic carbocycles. The lowest BCUT2D eigenvalue weighted by Crippen LogP contribution is -2.57. The van der Waals surface area contributed by atoms with Gasteiger partial charge in [0.15, 0.2) is 0 Å². The second kappa shape index (κ2) is 12.0. The van der Waals surface area contributed by atoms with Gasteiger partial charge in [-0.1, -0.05) is 0 Å². The van der Waals surface area contributed by atoms with Gasteiger partial charge in [0.05, 0.1) is 6.04 Å². The molecule has 0 bridgehead atoms. The number of nitrogens with one attached hydrogen (secondary N) is 3. The molecule has 144 valence electrons. The van der Waals surface area contributed by atoms with E-state index in [0.717, 1.165) is 0 Å². The molecule has 0 aromatic rings. The minimum absolute atomic E-state index is 0.0405. The lowest BCUT2D eigenvalue weighted by Gasteiger charge is -2.23. The summed E-state index contributed by atoms with van der Waals surface area (Å²) < 4.78 is 0. The first-order valence-corrected chi connectivity index (χ1v) is 9.72. The zero-order chi connectivity index (χ0) is 19.6. The Balaban J connectivity index is 4.97. The van der Waals surface area contributed by atoms with E-state index >= 15 is 0 Å². The summed E-state index contributed by atoms with van der Waals surface area (Å²) in [7, 11) is 0. The van der Waals surface area contributed by atoms with E-state index < -0.39 is 47.8 Å². The second-order valence-electron chi connectivity index (χ2n) is 5.51. The summed E-state index contributed by atoms with van der Waals surface area (Å²) in [5.74, 6) is -1.61. The minimum Gasteiger partial charge on any atom is -0.368 e. The first-order chi connectivity index (χ1) is 11.6. The Morgan fingerprint density at radius 1 is 1.00 bits per heavy atom. The molecule has 0 aliphatic rings. The van der Waals surface area contributed by atoms with Crippen LogP contribution >= 0.6 is 24.4 Å². The van der Waals surface area contributed by atoms with Crippen molar-refractivity contribution in [3.63, 3.8) is 0 Å². The number of carbonyl (C=O) groups is 4. The maximum absolute atomic E-state index is 12.3. The molecule has 0 aliphatic heterocycles. The zero-order valence-corrected chi connectivity index (χ0v) is 16.3. The van der Waals surface area contributed by atoms with Crippen molar-refractivity contribution in [3.05, 3.63) is 0 Å². The summed E-state index contributed by atoms with van der Waals surface area (Å²) in [4.78, 5) is 47.3. The van der Waals surface area contributed by atoms with Gasteiger partial charge in [-0.05, 0) is 32.3 Å². The first-order valence-electron chi connectivity index (χ1n) is 7.69. The van der Waals surface area contributed by atoms with Gasteiger partial charge >= 0.3 is 0 Å². The highest BCUT2D eigenvalue weighted by Gasteiger charge is 2.27. The largest absolute Gasteiger partial charge is 0.368 e. The molecule has 0 aromatic carbocycles. The second-order valence-corrected chi connectivity index (χ2v) is 6.86. The van der Waals surface area contributed by atoms with Crippen LogP contribution in [-0.2, 0) is 19.2 Å². The third-order valence-corrected chi connectivity index (χ3v) is 4.27. The molecule has 0 fully saturated rings. The summed E-state index contributed by atoms with van der Waals surface area (Å²) in [5, 5.41) is 7.48. The fourth-order valence-corrected chi connectivity index (χ4v) is 2.39. The Kier molecular flexibility index (Phi) is 11.3. The lowest BCUT2D eigenvalue weighted by molar-refractivity contribution is -0.133. The molecule has 25 heavy (non-hydrogen) atoms. The molecule has 0 unspecified atom stereocenters. The van der Waals surface area contributed by atoms with E-state index in [0.29, 0.717) is 12.2 Å². The van der Waals surface area contributed by atoms with E-state index in [1.54, 1.807) is 0 Å². The number of nitrogens with two attached hydrogens (primary N) is 2. The van der Waals surface area contributed by atoms with E-state index in [4.69, 9.17) is 11.5 Å². The van der Waals surface area contributed by atoms with Crippen LogP contribution in [0.4, 0.5) is 0 Å². The van der Waals surface area contributed by atoms with Crippen molar-refractivity contribution in [3.8, 4) is 0 Å². The van der Waals surface area contributed by atoms with E-state index in [1.807, 2.05) is 6.26 Å². The standard InChI is InChI=1S/C14H27N5O4S2/c1-7(15)12(21)19-10(6-24)14(23)18-9(4-5-25-3)13(22)17-8(2)11(16)20/h7-10,24H,4-6,15H2,1-3H3,(H2,16,20)(H,17,22)(H,18,23)(H,19,21)/t7-,8-,9-,10-/m0/s1. The van der Waals surface area contributed by atoms with Crippen molar-refractivity contribution in [2.45, 2.75) is 44.4 Å². The smallest absolute Gasteiger partial charge is 0.244 e. The summed E-state index contributed by atoms with van der Waals surface area (Å²) in [5.41, 5.74) is 10.6. The van der Waals surface area contributed by atoms with Gasteiger partial charge in [-0.15, -0.1) is 0 Å². The van der Waals surface area contributed by atoms with Gasteiger partial charge in [0.1, 0.15) is 18.1 Å². The summed E-state index contributed by atoms with van der Waals surface area (Å²) in [6, 6.07) is -3.43. The Bertz CT molecular complexity index is 490. The highest BCUT2D eigenvalue weighted by Crippen LogP contribution is 2.03. The van der Waals surface area contributed by atoms with Crippen molar-refractivity contribution in [2.75, 3.05) is 17.8 Å². The van der Waals surface area contributed by atoms with Crippen molar-refractivity contribution >= 4 is 48.0 Å². The average molecular weight is 394 g/mol. The molecule has 9 nitrogen and oxygen atoms in total. The van der Waals surface area contributed by atoms with E-state index in [1.165, 1.54) is 25.6 Å². The molecule has 0 saturated heterocycles. The monoisotopic (exact) mass is 393 g/mol. The van der Waals surface area contributed by atoms with Crippen LogP contribution in [0, 0.1) is 0 Å². The van der Waals surface area contributed by atoms with Crippen LogP contribution in [0.15, 0.2) is 0 Å². The molecule has 11 heteroatoms. The third-order valence-electron chi connectivity index (χ3n) is 3.26. The van der Waals surface area contributed by atoms with Gasteiger partial charge in [0.2, 0.25) is 23.6 Å². The van der Waals surface area contributed by atoms with Crippen molar-refractivity contribution < 1.29 is 19.2 Å². The highest BCUT2D eigenvalue weighted by atomic mass is 32.2. The summed E-state index contributed by atoms with van der Waals surface area (Å²) in [6.07, 6.45) is 2.22. The molecule has 4 amide bonds. The van der Waals surface area contributed by atoms with Crippen LogP contribution in [0.1, 0.15) is 20.3 Å². The number of rotatable bonds is 11. The summed E-state index contributed by atoms with van der Waals surface area (Å²) in [6.45, 7) is 2.94. The number of amides is 4. The topological polar surface area (TPSA) is 156 Å². The molecular weight excluding hydrogens is 366 g/mol. The van der Waals surface area contributed by atoms with Crippen LogP contribution in [0.3, 0.4) is 0 Å². The molecule has 4 atom stereocenters. The van der Waals surface area contributed by atoms with Crippen molar-refractivity contribution in [1.29, 1.82) is 0 Å². The maximum atomic E-state index is 12.3. The van der Waals surface area contributed by atoms with Crippen LogP contribution in [-0.4, -0.2) is 65.6 Å². The molecule has 0 saturated carbocycles. The number of carbonyl (C=O) groups excluding carboxylic acids is 4. The molecule has 0 aromatic heterocycles. The van der Waals surface area contributed by atoms with E-state index in [9.17, 15) is 19.2 Å². The number of thiol groups is 1. The minimum atomic E-state index is -0.931. The van der Waals surface area contributed by atoms with Crippen molar-refractivity contribution in [2.24, 2.45) is 11.5 Å². The predicted molar refractivity (Wildman–Crippen MR) is 101 cm³/mol. The highest BCUT2D eigenvalue weighted by molar-refractivity contribution is 7.98. The van der Waals surface area contributed by atoms with Crippen LogP contribution in [0.25, 0.3) is 0 Å². The van der Waals surface area contributed by atoms with Crippen LogP contribution < -0.4 is 27.4 Å². The Morgan fingerprint density at radius 3 is 1.96 bits per heavy atom. The Hall–Kier alpha value is -1.46. The quantitative estimate of drug-likeness (QED) is 0.222. The number of hydrogen-bond acceptors (Lipinski definition) is 7. The van der Waals surface area contributed by atoms with E-state index in [-0.39, 0.29) is 5.75 Å². The molecule has 0 rings (SSSR count). The van der Waals surface area contributed by atoms with Gasteiger partial charge < -0.3 is 27.4 Å². The van der Waals surface area contributed by atoms with Gasteiger partial charge in [-0.3, -0.25) is 19.2 Å². The van der Waals surface area contributed by atoms with E-state index in [2.05, 4.69) is 28.6 Å². The molecule has 0 spiro atoms. The maximum Gasteiger partial charge on any atom is 0.244 e. The Labute approximate surface area is 157 Å². The fraction of sp³-hybridized carbons (Fsp3) is 0.714. The first kappa shape index (κ1) is 23.5. The molecule has 7 N–H and O–H groups in total. The Morgan fingerprint density at radius 2 is 1.52 bits per heavy atom. The number of primary amides is 1. The van der Waals surface area contributed by atoms with Gasteiger partial charge in [-0.25, -0.2) is 0 Å². The number of hydrogen-bond donors (Lipinski definition) is 6. The molecule has 0 heterocycles. The van der Waals surface area contributed by atoms with Crippen LogP contribution in [0.5, 0.6) is 0 Å². The predicted octanol–water partition coefficient (Wildman–Crippen LogP) is -2.02. The average Bonchev–Trinajstić information content (AvgIpc) is 2.55. The lowest BCUT2D eigenvalue weighted by atomic mass is 10.1. The van der Waals surface area contributed by atoms with Gasteiger partial charge in [0.25, 0.3) is 0 Å². The summed E-state index contributed by atoms with van der Waals surface area (Å²) >= 11 is 5.55. The molecule has 0 radical (unpaired) electrons. The molecular formula is C14H27N5O4S2. The third kappa shape index (κ3) is 8.98. The number of thioether (sulfide) groups is 1. The van der Waals surface area contributed by atoms with Crippen LogP contribution in [0.2, 0.25) is 0 Å². The van der Waals surface area contributed by atoms with Gasteiger partial charge in [-0.2, -0.15) is 24.4 Å². The fourth-order valence-electron chi connectivity index (χ4n) is 1.66. The van der Waals surface area contributed by atoms with Crippen molar-refractivity contribution in [1.82, 2.24) is 16.0 Å². The normalized spacial score (nSPS) is 15.4. The SMILES string of the molecule is CSCC[C@H](NC(=O)[C@H](CS)NC(=O)[C@H](C)N)C(=O)N[C@@H](C)C(N)=O.